The topological polar surface area (TPSA) is 172 Å². The van der Waals surface area contributed by atoms with Gasteiger partial charge < -0.3 is 0 Å². The molecule has 0 radical (unpaired) electrons. The van der Waals surface area contributed by atoms with Crippen LogP contribution in [0.1, 0.15) is 89.0 Å². The summed E-state index contributed by atoms with van der Waals surface area (Å²) >= 11 is 0. The van der Waals surface area contributed by atoms with Crippen molar-refractivity contribution in [1.29, 1.82) is 0 Å². The zero-order chi connectivity index (χ0) is 90.7. The Bertz CT molecular complexity index is 9460. The van der Waals surface area contributed by atoms with Crippen LogP contribution in [0.2, 0.25) is 0 Å². The summed E-state index contributed by atoms with van der Waals surface area (Å²) in [5.74, 6) is 0. The van der Waals surface area contributed by atoms with Crippen LogP contribution in [-0.4, -0.2) is 77.4 Å². The van der Waals surface area contributed by atoms with E-state index in [1.54, 1.807) is 0 Å². The van der Waals surface area contributed by atoms with Gasteiger partial charge in [0, 0.05) is 157 Å². The molecule has 36 rings (SSSR count). The smallest absolute Gasteiger partial charge is 0.165 e. The molecule has 0 bridgehead atoms. The fourth-order valence-electron chi connectivity index (χ4n) is 26.2. The minimum Gasteiger partial charge on any atom is -0.291 e. The average molecular weight is 1790 g/mol. The van der Waals surface area contributed by atoms with Gasteiger partial charge in [-0.1, -0.05) is 176 Å². The highest BCUT2D eigenvalue weighted by molar-refractivity contribution is 6.20. The molecule has 8 aliphatic carbocycles. The van der Waals surface area contributed by atoms with Crippen molar-refractivity contribution in [3.05, 3.63) is 431 Å². The lowest BCUT2D eigenvalue weighted by Gasteiger charge is -2.11. The Kier molecular flexibility index (Phi) is 14.9. The van der Waals surface area contributed by atoms with E-state index in [2.05, 4.69) is 290 Å². The molecule has 0 saturated heterocycles. The van der Waals surface area contributed by atoms with E-state index >= 15 is 0 Å². The Labute approximate surface area is 796 Å². The van der Waals surface area contributed by atoms with E-state index in [1.165, 1.54) is 200 Å². The van der Waals surface area contributed by atoms with E-state index in [-0.39, 0.29) is 0 Å². The maximum absolute atomic E-state index is 5.16. The van der Waals surface area contributed by atoms with E-state index in [0.29, 0.717) is 0 Å². The van der Waals surface area contributed by atoms with Crippen LogP contribution in [-0.2, 0) is 51.4 Å². The van der Waals surface area contributed by atoms with Crippen molar-refractivity contribution in [3.63, 3.8) is 0 Å². The van der Waals surface area contributed by atoms with Crippen LogP contribution in [0.5, 0.6) is 0 Å². The van der Waals surface area contributed by atoms with Crippen LogP contribution >= 0.6 is 0 Å². The summed E-state index contributed by atoms with van der Waals surface area (Å²) in [6.07, 6.45) is 34.5. The molecule has 0 atom stereocenters. The van der Waals surface area contributed by atoms with Gasteiger partial charge in [-0.3, -0.25) is 57.5 Å². The van der Waals surface area contributed by atoms with E-state index in [9.17, 15) is 0 Å². The van der Waals surface area contributed by atoms with Gasteiger partial charge >= 0.3 is 0 Å². The number of hydrogen-bond acceptors (Lipinski definition) is 12. The maximum atomic E-state index is 5.16. The lowest BCUT2D eigenvalue weighted by atomic mass is 9.96. The van der Waals surface area contributed by atoms with E-state index in [0.717, 1.165) is 183 Å². The molecule has 140 heavy (non-hydrogen) atoms. The molecule has 8 aliphatic rings. The molecule has 16 heterocycles. The summed E-state index contributed by atoms with van der Waals surface area (Å²) in [6, 6.07) is 92.7. The summed E-state index contributed by atoms with van der Waals surface area (Å²) in [6.45, 7) is 0. The van der Waals surface area contributed by atoms with Gasteiger partial charge in [0.15, 0.2) is 5.65 Å². The molecule has 648 valence electrons. The first-order valence-electron chi connectivity index (χ1n) is 48.2. The highest BCUT2D eigenvalue weighted by atomic mass is 15.1. The maximum Gasteiger partial charge on any atom is 0.165 e. The summed E-state index contributed by atoms with van der Waals surface area (Å²) in [4.78, 5) is 56.6. The predicted molar refractivity (Wildman–Crippen MR) is 559 cm³/mol. The first-order chi connectivity index (χ1) is 69.5. The molecule has 0 N–H and O–H groups in total. The van der Waals surface area contributed by atoms with Crippen molar-refractivity contribution in [3.8, 4) is 89.0 Å². The second-order valence-corrected chi connectivity index (χ2v) is 38.7. The third-order valence-corrected chi connectivity index (χ3v) is 32.1. The minimum atomic E-state index is 0.907. The van der Waals surface area contributed by atoms with Crippen LogP contribution in [0.25, 0.3) is 243 Å². The van der Waals surface area contributed by atoms with Gasteiger partial charge in [0.25, 0.3) is 0 Å². The molecule has 0 fully saturated rings. The molecule has 0 aliphatic heterocycles. The van der Waals surface area contributed by atoms with Crippen molar-refractivity contribution in [1.82, 2.24) is 77.4 Å². The highest BCUT2D eigenvalue weighted by Gasteiger charge is 2.38. The van der Waals surface area contributed by atoms with Crippen LogP contribution in [0, 0.1) is 0 Å². The number of rotatable bonds is 0. The Hall–Kier alpha value is -18.3. The SMILES string of the molecule is c1ccc2c(c1)Cc1c-2ccc2c1Cc1ccc3nc4c5cccnc5c5cnccc5n4c3c1-2.c1ccc2c(c1)Cc1c-2ccc2c1Cc1ccc3nc4c5ccncc5c5cnccc5n4c3c1-2.c1ccc2c(c1)Cc1c-2ccc2c1Cc1ccc3nc4c5cnccc5c5cnccc5n4c3c1-2.c1ccc2c(c1)Cc1c-2ccc2c1Cc1ccc3nc4c5ncccc5c5cnccc5n4c3c1-2. The zero-order valence-corrected chi connectivity index (χ0v) is 75.1. The van der Waals surface area contributed by atoms with E-state index in [1.807, 2.05) is 98.9 Å². The first kappa shape index (κ1) is 75.1. The molecule has 0 amide bonds. The van der Waals surface area contributed by atoms with Crippen LogP contribution in [0.3, 0.4) is 0 Å². The number of pyridine rings is 12. The Morgan fingerprint density at radius 1 is 0.171 bits per heavy atom. The van der Waals surface area contributed by atoms with Crippen molar-refractivity contribution < 1.29 is 0 Å². The number of imidazole rings is 4. The van der Waals surface area contributed by atoms with Crippen molar-refractivity contribution in [2.24, 2.45) is 0 Å². The molecular weight excluding hydrogens is 1710 g/mol. The van der Waals surface area contributed by atoms with E-state index in [4.69, 9.17) is 29.9 Å². The molecule has 16 aromatic heterocycles. The number of nitrogens with zero attached hydrogens (tertiary/aromatic N) is 16. The van der Waals surface area contributed by atoms with Crippen molar-refractivity contribution in [2.45, 2.75) is 51.4 Å². The highest BCUT2D eigenvalue weighted by Crippen LogP contribution is 2.56. The molecule has 28 aromatic rings. The molecule has 16 heteroatoms. The fraction of sp³-hybridized carbons (Fsp3) is 0.0645. The third-order valence-electron chi connectivity index (χ3n) is 32.1. The predicted octanol–water partition coefficient (Wildman–Crippen LogP) is 26.9. The Morgan fingerprint density at radius 2 is 0.457 bits per heavy atom. The molecule has 0 unspecified atom stereocenters. The first-order valence-corrected chi connectivity index (χ1v) is 48.2. The third kappa shape index (κ3) is 10.1. The summed E-state index contributed by atoms with van der Waals surface area (Å²) in [7, 11) is 0. The zero-order valence-electron chi connectivity index (χ0n) is 75.1. The van der Waals surface area contributed by atoms with Gasteiger partial charge in [0.2, 0.25) is 0 Å². The van der Waals surface area contributed by atoms with Gasteiger partial charge in [-0.25, -0.2) is 19.9 Å². The largest absolute Gasteiger partial charge is 0.291 e. The Balaban J connectivity index is 0.0000000829. The quantitative estimate of drug-likeness (QED) is 0.132. The van der Waals surface area contributed by atoms with Crippen LogP contribution in [0.4, 0.5) is 0 Å². The number of fused-ring (bicyclic) bond motifs is 64. The Morgan fingerprint density at radius 3 is 0.871 bits per heavy atom. The fourth-order valence-corrected chi connectivity index (χ4v) is 26.2. The van der Waals surface area contributed by atoms with Crippen LogP contribution in [0.15, 0.2) is 342 Å². The lowest BCUT2D eigenvalue weighted by molar-refractivity contribution is 1.16. The van der Waals surface area contributed by atoms with Crippen LogP contribution < -0.4 is 0 Å². The molecule has 16 nitrogen and oxygen atoms in total. The van der Waals surface area contributed by atoms with Gasteiger partial charge in [0.1, 0.15) is 22.5 Å². The van der Waals surface area contributed by atoms with Crippen molar-refractivity contribution >= 4 is 154 Å². The van der Waals surface area contributed by atoms with Gasteiger partial charge in [-0.2, -0.15) is 0 Å². The molecular formula is C124H72N16. The second-order valence-electron chi connectivity index (χ2n) is 38.7. The normalized spacial score (nSPS) is 13.5. The van der Waals surface area contributed by atoms with Crippen molar-refractivity contribution in [2.75, 3.05) is 0 Å². The summed E-state index contributed by atoms with van der Waals surface area (Å²) < 4.78 is 9.35. The summed E-state index contributed by atoms with van der Waals surface area (Å²) in [5, 5.41) is 10.9. The molecule has 0 spiro atoms. The molecule has 12 aromatic carbocycles. The standard InChI is InChI=1S/4C31H18N4/c1-2-5-19-17(4-1)14-23-20(19)8-9-21-24(23)15-18-7-10-26-30(28(18)21)35-27-11-13-32-16-25(27)29-22(31(35)34-26)6-3-12-33-29;1-2-5-19-17(4-1)14-23-20(19)8-9-21-24(23)15-18-7-10-26-30(28(18)21)35-27-11-13-32-16-25(27)22-6-3-12-33-29(22)31(35)34-26;1-2-4-19-17(3-1)13-23-20(19)6-7-22-24(23)14-18-5-8-27-30(29(18)22)35-28-10-12-33-15-25(28)21-9-11-32-16-26(21)31(35)34-27;1-2-4-19-17(3-1)13-23-20(19)6-7-21-24(23)14-18-5-8-27-30(29(18)21)35-28-10-12-33-16-26(28)25-15-32-11-9-22(25)31(35)34-27/h2*1-13,16H,14-15H2;2*1-12,15-16H,13-14H2. The van der Waals surface area contributed by atoms with E-state index < -0.39 is 0 Å². The van der Waals surface area contributed by atoms with Gasteiger partial charge in [0.05, 0.1) is 71.7 Å². The number of aromatic nitrogens is 16. The average Bonchev–Trinajstić information content (AvgIpc) is 1.55. The minimum absolute atomic E-state index is 0.907. The number of benzene rings is 12. The van der Waals surface area contributed by atoms with Gasteiger partial charge in [-0.05, 0) is 291 Å². The monoisotopic (exact) mass is 1780 g/mol. The summed E-state index contributed by atoms with van der Waals surface area (Å²) in [5.41, 5.74) is 64.0. The number of hydrogen-bond donors (Lipinski definition) is 0. The lowest BCUT2D eigenvalue weighted by Crippen LogP contribution is -1.94. The molecule has 0 saturated carbocycles. The van der Waals surface area contributed by atoms with Gasteiger partial charge in [-0.15, -0.1) is 0 Å². The second kappa shape index (κ2) is 27.7.